The highest BCUT2D eigenvalue weighted by Gasteiger charge is 2.40. The van der Waals surface area contributed by atoms with E-state index in [4.69, 9.17) is 32.7 Å². The van der Waals surface area contributed by atoms with Crippen LogP contribution < -0.4 is 0 Å². The summed E-state index contributed by atoms with van der Waals surface area (Å²) in [6.45, 7) is 4.28. The average Bonchev–Trinajstić information content (AvgIpc) is 2.47. The van der Waals surface area contributed by atoms with Crippen LogP contribution in [0.1, 0.15) is 26.7 Å². The Hall–Kier alpha value is 0.170. The number of carbonyl (C=O) groups is 1. The van der Waals surface area contributed by atoms with Crippen LogP contribution in [0.4, 0.5) is 0 Å². The molecule has 15 heavy (non-hydrogen) atoms. The minimum Gasteiger partial charge on any atom is -0.349 e. The van der Waals surface area contributed by atoms with Crippen LogP contribution in [0.15, 0.2) is 0 Å². The molecule has 0 aromatic heterocycles. The van der Waals surface area contributed by atoms with Crippen molar-refractivity contribution in [2.45, 2.75) is 43.2 Å². The summed E-state index contributed by atoms with van der Waals surface area (Å²) in [6, 6.07) is 0. The van der Waals surface area contributed by atoms with E-state index >= 15 is 0 Å². The molecule has 0 N–H and O–H groups in total. The summed E-state index contributed by atoms with van der Waals surface area (Å²) in [6.07, 6.45) is 1.27. The van der Waals surface area contributed by atoms with Crippen molar-refractivity contribution in [2.24, 2.45) is 0 Å². The Morgan fingerprint density at radius 1 is 1.73 bits per heavy atom. The third-order valence-corrected chi connectivity index (χ3v) is 3.67. The zero-order valence-corrected chi connectivity index (χ0v) is 10.5. The smallest absolute Gasteiger partial charge is 0.181 e. The van der Waals surface area contributed by atoms with Gasteiger partial charge in [-0.2, -0.15) is 0 Å². The molecule has 1 saturated heterocycles. The molecule has 1 aliphatic rings. The van der Waals surface area contributed by atoms with Crippen molar-refractivity contribution >= 4 is 29.0 Å². The van der Waals surface area contributed by atoms with E-state index in [9.17, 15) is 4.79 Å². The first-order chi connectivity index (χ1) is 6.96. The first-order valence-corrected chi connectivity index (χ1v) is 5.89. The topological polar surface area (TPSA) is 35.5 Å². The van der Waals surface area contributed by atoms with E-state index in [1.54, 1.807) is 0 Å². The normalized spacial score (nSPS) is 32.9. The molecule has 3 unspecified atom stereocenters. The van der Waals surface area contributed by atoms with Crippen LogP contribution in [0.3, 0.4) is 0 Å². The maximum absolute atomic E-state index is 10.9. The quantitative estimate of drug-likeness (QED) is 0.707. The van der Waals surface area contributed by atoms with E-state index in [1.807, 2.05) is 6.92 Å². The minimum absolute atomic E-state index is 0.0415. The van der Waals surface area contributed by atoms with Crippen molar-refractivity contribution in [3.05, 3.63) is 0 Å². The fraction of sp³-hybridized carbons (Fsp3) is 0.900. The fourth-order valence-corrected chi connectivity index (χ4v) is 1.72. The monoisotopic (exact) mass is 254 g/mol. The highest BCUT2D eigenvalue weighted by Crippen LogP contribution is 2.31. The van der Waals surface area contributed by atoms with Crippen molar-refractivity contribution in [3.8, 4) is 0 Å². The number of ketones is 1. The lowest BCUT2D eigenvalue weighted by atomic mass is 10.2. The third-order valence-electron chi connectivity index (χ3n) is 2.53. The predicted octanol–water partition coefficient (Wildman–Crippen LogP) is 2.33. The minimum atomic E-state index is -0.727. The molecular weight excluding hydrogens is 239 g/mol. The van der Waals surface area contributed by atoms with Crippen LogP contribution in [0.5, 0.6) is 0 Å². The van der Waals surface area contributed by atoms with E-state index in [1.165, 1.54) is 6.92 Å². The number of Topliss-reactive ketones (excluding diaryl/α,β-unsaturated/α-hetero) is 1. The lowest BCUT2D eigenvalue weighted by molar-refractivity contribution is -0.195. The number of halogens is 2. The SMILES string of the molecule is CC(=O)C(Cl)CCOC1(C)OCCC1Cl. The molecule has 1 heterocycles. The van der Waals surface area contributed by atoms with Crippen molar-refractivity contribution in [3.63, 3.8) is 0 Å². The molecule has 3 atom stereocenters. The largest absolute Gasteiger partial charge is 0.349 e. The van der Waals surface area contributed by atoms with E-state index in [2.05, 4.69) is 0 Å². The second-order valence-corrected chi connectivity index (χ2v) is 4.89. The molecule has 0 aromatic carbocycles. The highest BCUT2D eigenvalue weighted by molar-refractivity contribution is 6.30. The van der Waals surface area contributed by atoms with Gasteiger partial charge in [0, 0.05) is 0 Å². The summed E-state index contributed by atoms with van der Waals surface area (Å²) >= 11 is 11.8. The summed E-state index contributed by atoms with van der Waals surface area (Å²) in [7, 11) is 0. The summed E-state index contributed by atoms with van der Waals surface area (Å²) in [5.41, 5.74) is 0. The molecule has 0 radical (unpaired) electrons. The molecule has 0 saturated carbocycles. The van der Waals surface area contributed by atoms with E-state index in [-0.39, 0.29) is 11.2 Å². The van der Waals surface area contributed by atoms with Gasteiger partial charge in [0.15, 0.2) is 5.79 Å². The molecular formula is C10H16Cl2O3. The molecule has 3 nitrogen and oxygen atoms in total. The summed E-state index contributed by atoms with van der Waals surface area (Å²) in [5, 5.41) is -0.618. The van der Waals surface area contributed by atoms with Gasteiger partial charge in [-0.15, -0.1) is 23.2 Å². The van der Waals surface area contributed by atoms with Crippen molar-refractivity contribution in [1.29, 1.82) is 0 Å². The Labute approximate surface area is 100 Å². The molecule has 0 aliphatic carbocycles. The Balaban J connectivity index is 2.28. The standard InChI is InChI=1S/C10H16Cl2O3/c1-7(13)8(11)3-5-14-10(2)9(12)4-6-15-10/h8-9H,3-6H2,1-2H3. The molecule has 1 rings (SSSR count). The Morgan fingerprint density at radius 2 is 2.40 bits per heavy atom. The van der Waals surface area contributed by atoms with Gasteiger partial charge in [0.25, 0.3) is 0 Å². The zero-order valence-electron chi connectivity index (χ0n) is 8.96. The van der Waals surface area contributed by atoms with Crippen molar-refractivity contribution in [1.82, 2.24) is 0 Å². The summed E-state index contributed by atoms with van der Waals surface area (Å²) in [4.78, 5) is 10.9. The summed E-state index contributed by atoms with van der Waals surface area (Å²) in [5.74, 6) is -0.769. The van der Waals surface area contributed by atoms with Gasteiger partial charge in [-0.3, -0.25) is 4.79 Å². The molecule has 1 fully saturated rings. The molecule has 5 heteroatoms. The van der Waals surface area contributed by atoms with Crippen LogP contribution >= 0.6 is 23.2 Å². The van der Waals surface area contributed by atoms with Crippen LogP contribution in [0, 0.1) is 0 Å². The first kappa shape index (κ1) is 13.2. The number of alkyl halides is 2. The average molecular weight is 255 g/mol. The van der Waals surface area contributed by atoms with Crippen molar-refractivity contribution < 1.29 is 14.3 Å². The lowest BCUT2D eigenvalue weighted by Gasteiger charge is -2.27. The van der Waals surface area contributed by atoms with Gasteiger partial charge in [-0.25, -0.2) is 0 Å². The lowest BCUT2D eigenvalue weighted by Crippen LogP contribution is -2.36. The van der Waals surface area contributed by atoms with Gasteiger partial charge in [0.2, 0.25) is 0 Å². The predicted molar refractivity (Wildman–Crippen MR) is 59.5 cm³/mol. The van der Waals surface area contributed by atoms with Gasteiger partial charge in [0.1, 0.15) is 5.78 Å². The van der Waals surface area contributed by atoms with Crippen LogP contribution in [-0.4, -0.2) is 35.5 Å². The van der Waals surface area contributed by atoms with Gasteiger partial charge < -0.3 is 9.47 Å². The highest BCUT2D eigenvalue weighted by atomic mass is 35.5. The molecule has 0 spiro atoms. The number of hydrogen-bond acceptors (Lipinski definition) is 3. The van der Waals surface area contributed by atoms with Crippen LogP contribution in [0.25, 0.3) is 0 Å². The van der Waals surface area contributed by atoms with Crippen LogP contribution in [-0.2, 0) is 14.3 Å². The summed E-state index contributed by atoms with van der Waals surface area (Å²) < 4.78 is 10.9. The Kier molecular flexibility index (Phi) is 4.84. The third kappa shape index (κ3) is 3.59. The van der Waals surface area contributed by atoms with Gasteiger partial charge in [-0.1, -0.05) is 0 Å². The molecule has 0 aromatic rings. The zero-order chi connectivity index (χ0) is 11.5. The van der Waals surface area contributed by atoms with E-state index < -0.39 is 11.2 Å². The van der Waals surface area contributed by atoms with Gasteiger partial charge in [0.05, 0.1) is 24.0 Å². The van der Waals surface area contributed by atoms with Crippen LogP contribution in [0.2, 0.25) is 0 Å². The first-order valence-electron chi connectivity index (χ1n) is 5.02. The fourth-order valence-electron chi connectivity index (χ4n) is 1.42. The number of ether oxygens (including phenoxy) is 2. The Bertz CT molecular complexity index is 235. The second-order valence-electron chi connectivity index (χ2n) is 3.84. The Morgan fingerprint density at radius 3 is 2.87 bits per heavy atom. The van der Waals surface area contributed by atoms with Gasteiger partial charge in [-0.05, 0) is 26.7 Å². The molecule has 1 aliphatic heterocycles. The second kappa shape index (κ2) is 5.48. The van der Waals surface area contributed by atoms with E-state index in [0.717, 1.165) is 6.42 Å². The maximum atomic E-state index is 10.9. The molecule has 88 valence electrons. The van der Waals surface area contributed by atoms with Crippen molar-refractivity contribution in [2.75, 3.05) is 13.2 Å². The molecule has 0 amide bonds. The number of rotatable bonds is 5. The molecule has 0 bridgehead atoms. The van der Waals surface area contributed by atoms with Gasteiger partial charge >= 0.3 is 0 Å². The maximum Gasteiger partial charge on any atom is 0.181 e. The number of carbonyl (C=O) groups excluding carboxylic acids is 1. The number of hydrogen-bond donors (Lipinski definition) is 0. The van der Waals surface area contributed by atoms with E-state index in [0.29, 0.717) is 19.6 Å².